The molecule has 11 aromatic rings. The summed E-state index contributed by atoms with van der Waals surface area (Å²) in [6.45, 7) is 22.0. The summed E-state index contributed by atoms with van der Waals surface area (Å²) in [5, 5.41) is 6.02. The van der Waals surface area contributed by atoms with E-state index < -0.39 is 8.07 Å². The second-order valence-corrected chi connectivity index (χ2v) is 26.7. The van der Waals surface area contributed by atoms with E-state index in [0.29, 0.717) is 11.8 Å². The molecule has 0 saturated carbocycles. The van der Waals surface area contributed by atoms with Crippen LogP contribution in [0.1, 0.15) is 86.6 Å². The van der Waals surface area contributed by atoms with Crippen LogP contribution in [0.25, 0.3) is 100 Å². The van der Waals surface area contributed by atoms with Crippen molar-refractivity contribution in [3.63, 3.8) is 0 Å². The van der Waals surface area contributed by atoms with Gasteiger partial charge in [-0.05, 0) is 71.7 Å². The molecule has 2 aliphatic heterocycles. The average molecular weight is 930 g/mol. The Morgan fingerprint density at radius 1 is 0.629 bits per heavy atom. The number of pyridine rings is 1. The Hall–Kier alpha value is -7.28. The SMILES string of the molecule is C=C1CC2C(CCc3ccc4c(oc5ccccc54)c3-c3n(-c4c(C(C)C)cccc4C(C)C)c4ccccc4[n+]31)c1ccccc1-c1cc(-c3cccc4c3oc3ccccc34)c([Si](C)(C)C)c[n+]12. The molecule has 2 aliphatic rings. The van der Waals surface area contributed by atoms with Gasteiger partial charge in [-0.1, -0.05) is 169 Å². The van der Waals surface area contributed by atoms with Crippen LogP contribution in [0.15, 0.2) is 173 Å². The third-order valence-corrected chi connectivity index (χ3v) is 17.8. The highest BCUT2D eigenvalue weighted by molar-refractivity contribution is 6.89. The molecule has 2 atom stereocenters. The van der Waals surface area contributed by atoms with Gasteiger partial charge in [0.05, 0.1) is 14.5 Å². The van der Waals surface area contributed by atoms with Gasteiger partial charge in [0.1, 0.15) is 33.7 Å². The van der Waals surface area contributed by atoms with Crippen LogP contribution in [0.2, 0.25) is 19.6 Å². The van der Waals surface area contributed by atoms with Crippen molar-refractivity contribution in [1.29, 1.82) is 0 Å². The predicted molar refractivity (Wildman–Crippen MR) is 292 cm³/mol. The van der Waals surface area contributed by atoms with Crippen LogP contribution in [-0.4, -0.2) is 12.6 Å². The third kappa shape index (κ3) is 6.35. The molecule has 13 rings (SSSR count). The molecule has 5 nitrogen and oxygen atoms in total. The van der Waals surface area contributed by atoms with Crippen LogP contribution < -0.4 is 14.3 Å². The fourth-order valence-corrected chi connectivity index (χ4v) is 14.1. The van der Waals surface area contributed by atoms with E-state index in [-0.39, 0.29) is 12.0 Å². The Morgan fingerprint density at radius 3 is 1.97 bits per heavy atom. The minimum absolute atomic E-state index is 0.0941. The molecular formula is C64H59N3O2Si+2. The van der Waals surface area contributed by atoms with Crippen LogP contribution in [0.4, 0.5) is 0 Å². The van der Waals surface area contributed by atoms with Crippen molar-refractivity contribution in [2.75, 3.05) is 0 Å². The molecule has 0 amide bonds. The first-order valence-electron chi connectivity index (χ1n) is 25.4. The van der Waals surface area contributed by atoms with Gasteiger partial charge in [-0.15, -0.1) is 0 Å². The first-order valence-corrected chi connectivity index (χ1v) is 28.9. The molecule has 0 bridgehead atoms. The van der Waals surface area contributed by atoms with Crippen LogP contribution in [0.5, 0.6) is 0 Å². The van der Waals surface area contributed by atoms with Gasteiger partial charge in [-0.3, -0.25) is 0 Å². The molecule has 6 heterocycles. The normalized spacial score (nSPS) is 16.0. The van der Waals surface area contributed by atoms with Crippen molar-refractivity contribution >= 4 is 73.9 Å². The maximum Gasteiger partial charge on any atom is 0.304 e. The van der Waals surface area contributed by atoms with E-state index in [1.54, 1.807) is 0 Å². The van der Waals surface area contributed by atoms with E-state index in [9.17, 15) is 0 Å². The van der Waals surface area contributed by atoms with Crippen LogP contribution in [0, 0.1) is 0 Å². The highest BCUT2D eigenvalue weighted by Crippen LogP contribution is 2.48. The lowest BCUT2D eigenvalue weighted by molar-refractivity contribution is -0.719. The van der Waals surface area contributed by atoms with Gasteiger partial charge < -0.3 is 8.83 Å². The number of hydrogen-bond donors (Lipinski definition) is 0. The summed E-state index contributed by atoms with van der Waals surface area (Å²) in [4.78, 5) is 0. The second-order valence-electron chi connectivity index (χ2n) is 21.6. The molecule has 0 fully saturated rings. The zero-order valence-corrected chi connectivity index (χ0v) is 42.3. The van der Waals surface area contributed by atoms with Crippen molar-refractivity contribution < 1.29 is 18.0 Å². The summed E-state index contributed by atoms with van der Waals surface area (Å²) in [6.07, 6.45) is 5.15. The first kappa shape index (κ1) is 42.8. The first-order chi connectivity index (χ1) is 34.0. The summed E-state index contributed by atoms with van der Waals surface area (Å²) in [6, 6.07) is 56.2. The second kappa shape index (κ2) is 15.9. The number of nitrogens with zero attached hydrogens (tertiary/aromatic N) is 3. The van der Waals surface area contributed by atoms with Gasteiger partial charge in [0.15, 0.2) is 28.9 Å². The Morgan fingerprint density at radius 2 is 1.24 bits per heavy atom. The van der Waals surface area contributed by atoms with E-state index in [1.165, 1.54) is 49.9 Å². The maximum absolute atomic E-state index is 7.14. The van der Waals surface area contributed by atoms with Crippen molar-refractivity contribution in [3.05, 3.63) is 187 Å². The number of imidazole rings is 1. The summed E-state index contributed by atoms with van der Waals surface area (Å²) < 4.78 is 21.7. The molecule has 0 N–H and O–H groups in total. The topological polar surface area (TPSA) is 39.0 Å². The molecular weight excluding hydrogens is 871 g/mol. The number of aromatic nitrogens is 3. The van der Waals surface area contributed by atoms with Gasteiger partial charge in [-0.2, -0.15) is 13.7 Å². The molecule has 7 aromatic carbocycles. The van der Waals surface area contributed by atoms with Crippen molar-refractivity contribution in [1.82, 2.24) is 4.57 Å². The number of hydrogen-bond acceptors (Lipinski definition) is 2. The quantitative estimate of drug-likeness (QED) is 0.127. The minimum Gasteiger partial charge on any atom is -0.455 e. The minimum atomic E-state index is -2.00. The number of aryl methyl sites for hydroxylation is 1. The fourth-order valence-electron chi connectivity index (χ4n) is 12.5. The molecule has 344 valence electrons. The molecule has 6 heteroatoms. The molecule has 70 heavy (non-hydrogen) atoms. The van der Waals surface area contributed by atoms with Crippen LogP contribution in [0.3, 0.4) is 0 Å². The number of furan rings is 2. The zero-order valence-electron chi connectivity index (χ0n) is 41.3. The number of benzene rings is 7. The van der Waals surface area contributed by atoms with Gasteiger partial charge in [0.2, 0.25) is 5.69 Å². The van der Waals surface area contributed by atoms with Crippen LogP contribution >= 0.6 is 0 Å². The highest BCUT2D eigenvalue weighted by atomic mass is 28.3. The van der Waals surface area contributed by atoms with E-state index in [0.717, 1.165) is 96.8 Å². The van der Waals surface area contributed by atoms with Gasteiger partial charge in [-0.25, -0.2) is 0 Å². The van der Waals surface area contributed by atoms with E-state index in [1.807, 2.05) is 0 Å². The number of fused-ring (bicyclic) bond motifs is 18. The lowest BCUT2D eigenvalue weighted by Crippen LogP contribution is -2.54. The monoisotopic (exact) mass is 929 g/mol. The number of allylic oxidation sites excluding steroid dienone is 1. The zero-order chi connectivity index (χ0) is 47.7. The Kier molecular flexibility index (Phi) is 9.70. The number of rotatable bonds is 5. The van der Waals surface area contributed by atoms with Gasteiger partial charge in [0.25, 0.3) is 0 Å². The van der Waals surface area contributed by atoms with Crippen molar-refractivity contribution in [2.45, 2.75) is 90.4 Å². The molecule has 0 aliphatic carbocycles. The Balaban J connectivity index is 1.10. The average Bonchev–Trinajstić information content (AvgIpc) is 4.05. The standard InChI is InChI=1S/C64H59N3O2Si/c1-38(2)42-23-17-24-43(39(3)4)61(42)67-54-28-14-13-27-53(54)66-40(5)35-55-46(33-31-41-32-34-51-48-22-12-16-30-58(48)69-63(51)60(41)64(66)67)44-19-9-10-20-45(44)56-36-52(59(37-65(55)56)70(6,7)8)50-26-18-25-49-47-21-11-15-29-57(47)68-62(49)50/h9-30,32,34,36-39,46,55H,5,31,33,35H2,1-4,6-8H3/q+2. The summed E-state index contributed by atoms with van der Waals surface area (Å²) in [5.41, 5.74) is 19.9. The maximum atomic E-state index is 7.14. The van der Waals surface area contributed by atoms with Crippen molar-refractivity contribution in [2.24, 2.45) is 0 Å². The predicted octanol–water partition coefficient (Wildman–Crippen LogP) is 15.9. The third-order valence-electron chi connectivity index (χ3n) is 15.8. The van der Waals surface area contributed by atoms with E-state index >= 15 is 0 Å². The van der Waals surface area contributed by atoms with E-state index in [4.69, 9.17) is 15.4 Å². The number of para-hydroxylation sites is 6. The van der Waals surface area contributed by atoms with Crippen LogP contribution in [-0.2, 0) is 6.42 Å². The largest absolute Gasteiger partial charge is 0.455 e. The van der Waals surface area contributed by atoms with E-state index in [2.05, 4.69) is 219 Å². The lowest BCUT2D eigenvalue weighted by Gasteiger charge is -2.33. The van der Waals surface area contributed by atoms with Gasteiger partial charge in [0, 0.05) is 61.0 Å². The Labute approximate surface area is 411 Å². The van der Waals surface area contributed by atoms with Crippen molar-refractivity contribution in [3.8, 4) is 39.5 Å². The summed E-state index contributed by atoms with van der Waals surface area (Å²) in [5.74, 6) is 1.91. The molecule has 4 aromatic heterocycles. The smallest absolute Gasteiger partial charge is 0.304 e. The molecule has 2 unspecified atom stereocenters. The lowest BCUT2D eigenvalue weighted by atomic mass is 9.77. The molecule has 0 radical (unpaired) electrons. The van der Waals surface area contributed by atoms with Gasteiger partial charge >= 0.3 is 5.82 Å². The fraction of sp³-hybridized carbons (Fsp3) is 0.219. The Bertz CT molecular complexity index is 3940. The summed E-state index contributed by atoms with van der Waals surface area (Å²) >= 11 is 0. The molecule has 0 saturated heterocycles. The summed E-state index contributed by atoms with van der Waals surface area (Å²) in [7, 11) is -2.00. The highest BCUT2D eigenvalue weighted by Gasteiger charge is 2.46. The molecule has 0 spiro atoms.